The van der Waals surface area contributed by atoms with Crippen LogP contribution in [0.4, 0.5) is 11.6 Å². The van der Waals surface area contributed by atoms with E-state index in [4.69, 9.17) is 4.74 Å². The SMILES string of the molecule is CN(C)C(=O)c1cc2ccc(Nc3nccc(-c4cc(OCC5CNC(=O)C5)ccn4)n3)cc2[nH]1. The van der Waals surface area contributed by atoms with Gasteiger partial charge in [-0.05, 0) is 30.3 Å². The van der Waals surface area contributed by atoms with Crippen LogP contribution in [-0.2, 0) is 4.79 Å². The number of aromatic amines is 1. The van der Waals surface area contributed by atoms with E-state index in [0.717, 1.165) is 16.6 Å². The van der Waals surface area contributed by atoms with Crippen molar-refractivity contribution in [2.24, 2.45) is 5.92 Å². The lowest BCUT2D eigenvalue weighted by Gasteiger charge is -2.11. The molecule has 0 aliphatic carbocycles. The average molecular weight is 472 g/mol. The minimum atomic E-state index is -0.0844. The Morgan fingerprint density at radius 3 is 2.77 bits per heavy atom. The van der Waals surface area contributed by atoms with Crippen molar-refractivity contribution in [2.75, 3.05) is 32.6 Å². The first-order valence-corrected chi connectivity index (χ1v) is 11.2. The number of anilines is 2. The highest BCUT2D eigenvalue weighted by Crippen LogP contribution is 2.25. The number of pyridine rings is 1. The van der Waals surface area contributed by atoms with Crippen molar-refractivity contribution in [1.29, 1.82) is 0 Å². The lowest BCUT2D eigenvalue weighted by Crippen LogP contribution is -2.21. The van der Waals surface area contributed by atoms with Crippen molar-refractivity contribution >= 4 is 34.4 Å². The molecule has 10 nitrogen and oxygen atoms in total. The molecule has 10 heteroatoms. The summed E-state index contributed by atoms with van der Waals surface area (Å²) < 4.78 is 5.88. The molecule has 1 atom stereocenters. The Morgan fingerprint density at radius 1 is 1.11 bits per heavy atom. The van der Waals surface area contributed by atoms with Crippen LogP contribution in [-0.4, -0.2) is 63.9 Å². The standard InChI is InChI=1S/C25H25N7O3/c1-32(2)24(34)22-10-16-3-4-17(11-20(16)30-22)29-25-27-8-6-19(31-25)21-12-18(5-7-26-21)35-14-15-9-23(33)28-13-15/h3-8,10-12,15,30H,9,13-14H2,1-2H3,(H,28,33)(H,27,29,31). The van der Waals surface area contributed by atoms with E-state index in [2.05, 4.69) is 30.6 Å². The quantitative estimate of drug-likeness (QED) is 0.378. The van der Waals surface area contributed by atoms with Crippen molar-refractivity contribution < 1.29 is 14.3 Å². The second-order valence-electron chi connectivity index (χ2n) is 8.64. The van der Waals surface area contributed by atoms with Crippen molar-refractivity contribution in [1.82, 2.24) is 30.2 Å². The first-order chi connectivity index (χ1) is 16.9. The van der Waals surface area contributed by atoms with Gasteiger partial charge in [0.1, 0.15) is 11.4 Å². The maximum Gasteiger partial charge on any atom is 0.269 e. The van der Waals surface area contributed by atoms with E-state index in [1.165, 1.54) is 4.90 Å². The van der Waals surface area contributed by atoms with E-state index in [1.807, 2.05) is 30.3 Å². The van der Waals surface area contributed by atoms with Crippen molar-refractivity contribution in [3.05, 3.63) is 60.6 Å². The number of rotatable bonds is 7. The maximum absolute atomic E-state index is 12.2. The monoisotopic (exact) mass is 471 g/mol. The summed E-state index contributed by atoms with van der Waals surface area (Å²) in [5.74, 6) is 1.24. The normalized spacial score (nSPS) is 15.1. The number of H-pyrrole nitrogens is 1. The first kappa shape index (κ1) is 22.3. The fourth-order valence-electron chi connectivity index (χ4n) is 3.89. The number of benzene rings is 1. The molecule has 0 spiro atoms. The van der Waals surface area contributed by atoms with Crippen LogP contribution in [0.25, 0.3) is 22.3 Å². The third kappa shape index (κ3) is 5.06. The largest absolute Gasteiger partial charge is 0.493 e. The van der Waals surface area contributed by atoms with E-state index in [1.54, 1.807) is 38.6 Å². The molecule has 1 unspecified atom stereocenters. The van der Waals surface area contributed by atoms with E-state index in [9.17, 15) is 9.59 Å². The fourth-order valence-corrected chi connectivity index (χ4v) is 3.89. The van der Waals surface area contributed by atoms with Crippen LogP contribution in [0.1, 0.15) is 16.9 Å². The molecule has 0 radical (unpaired) electrons. The number of amides is 2. The molecule has 1 saturated heterocycles. The van der Waals surface area contributed by atoms with Crippen LogP contribution < -0.4 is 15.4 Å². The van der Waals surface area contributed by atoms with E-state index >= 15 is 0 Å². The lowest BCUT2D eigenvalue weighted by molar-refractivity contribution is -0.119. The Bertz CT molecular complexity index is 1400. The third-order valence-electron chi connectivity index (χ3n) is 5.71. The number of hydrogen-bond acceptors (Lipinski definition) is 7. The van der Waals surface area contributed by atoms with Gasteiger partial charge >= 0.3 is 0 Å². The van der Waals surface area contributed by atoms with Gasteiger partial charge in [0.05, 0.1) is 18.0 Å². The summed E-state index contributed by atoms with van der Waals surface area (Å²) in [5, 5.41) is 6.97. The minimum absolute atomic E-state index is 0.0629. The average Bonchev–Trinajstić information content (AvgIpc) is 3.48. The first-order valence-electron chi connectivity index (χ1n) is 11.2. The second kappa shape index (κ2) is 9.41. The summed E-state index contributed by atoms with van der Waals surface area (Å²) in [6.45, 7) is 1.10. The molecule has 35 heavy (non-hydrogen) atoms. The second-order valence-corrected chi connectivity index (χ2v) is 8.64. The number of nitrogens with zero attached hydrogens (tertiary/aromatic N) is 4. The van der Waals surface area contributed by atoms with Gasteiger partial charge in [0.25, 0.3) is 5.91 Å². The van der Waals surface area contributed by atoms with Crippen LogP contribution >= 0.6 is 0 Å². The van der Waals surface area contributed by atoms with Gasteiger partial charge in [-0.1, -0.05) is 6.07 Å². The van der Waals surface area contributed by atoms with E-state index in [0.29, 0.717) is 48.4 Å². The number of fused-ring (bicyclic) bond motifs is 1. The summed E-state index contributed by atoms with van der Waals surface area (Å²) in [5.41, 5.74) is 3.45. The molecule has 3 aromatic heterocycles. The van der Waals surface area contributed by atoms with Crippen LogP contribution in [0.5, 0.6) is 5.75 Å². The molecule has 5 rings (SSSR count). The molecule has 1 fully saturated rings. The lowest BCUT2D eigenvalue weighted by atomic mass is 10.1. The van der Waals surface area contributed by atoms with E-state index < -0.39 is 0 Å². The molecule has 178 valence electrons. The maximum atomic E-state index is 12.2. The summed E-state index contributed by atoms with van der Waals surface area (Å²) in [4.78, 5) is 41.6. The molecule has 4 heterocycles. The summed E-state index contributed by atoms with van der Waals surface area (Å²) in [6, 6.07) is 13.0. The number of carbonyl (C=O) groups excluding carboxylic acids is 2. The summed E-state index contributed by atoms with van der Waals surface area (Å²) in [7, 11) is 3.44. The fraction of sp³-hybridized carbons (Fsp3) is 0.240. The number of aromatic nitrogens is 4. The topological polar surface area (TPSA) is 125 Å². The van der Waals surface area contributed by atoms with Gasteiger partial charge in [-0.15, -0.1) is 0 Å². The zero-order chi connectivity index (χ0) is 24.4. The summed E-state index contributed by atoms with van der Waals surface area (Å²) in [6.07, 6.45) is 3.82. The van der Waals surface area contributed by atoms with Crippen LogP contribution in [0, 0.1) is 5.92 Å². The number of nitrogens with one attached hydrogen (secondary N) is 3. The van der Waals surface area contributed by atoms with Crippen molar-refractivity contribution in [2.45, 2.75) is 6.42 Å². The minimum Gasteiger partial charge on any atom is -0.493 e. The van der Waals surface area contributed by atoms with Gasteiger partial charge in [0.15, 0.2) is 0 Å². The predicted octanol–water partition coefficient (Wildman–Crippen LogP) is 2.98. The van der Waals surface area contributed by atoms with Gasteiger partial charge in [-0.3, -0.25) is 14.6 Å². The van der Waals surface area contributed by atoms with Gasteiger partial charge in [0, 0.05) is 68.0 Å². The number of carbonyl (C=O) groups is 2. The molecule has 1 aromatic carbocycles. The molecular formula is C25H25N7O3. The molecule has 0 saturated carbocycles. The highest BCUT2D eigenvalue weighted by molar-refractivity contribution is 5.98. The molecule has 2 amide bonds. The molecule has 4 aromatic rings. The Labute approximate surface area is 201 Å². The van der Waals surface area contributed by atoms with Gasteiger partial charge in [-0.25, -0.2) is 9.97 Å². The molecule has 1 aliphatic heterocycles. The van der Waals surface area contributed by atoms with Crippen molar-refractivity contribution in [3.8, 4) is 17.1 Å². The highest BCUT2D eigenvalue weighted by Gasteiger charge is 2.22. The number of ether oxygens (including phenoxy) is 1. The van der Waals surface area contributed by atoms with Crippen LogP contribution in [0.3, 0.4) is 0 Å². The number of hydrogen-bond donors (Lipinski definition) is 3. The van der Waals surface area contributed by atoms with Gasteiger partial charge in [0.2, 0.25) is 11.9 Å². The smallest absolute Gasteiger partial charge is 0.269 e. The predicted molar refractivity (Wildman–Crippen MR) is 131 cm³/mol. The Hall–Kier alpha value is -4.47. The van der Waals surface area contributed by atoms with Crippen molar-refractivity contribution in [3.63, 3.8) is 0 Å². The van der Waals surface area contributed by atoms with Gasteiger partial charge in [-0.2, -0.15) is 0 Å². The molecule has 3 N–H and O–H groups in total. The Balaban J connectivity index is 1.30. The van der Waals surface area contributed by atoms with Crippen LogP contribution in [0.2, 0.25) is 0 Å². The zero-order valence-electron chi connectivity index (χ0n) is 19.4. The Morgan fingerprint density at radius 2 is 1.97 bits per heavy atom. The highest BCUT2D eigenvalue weighted by atomic mass is 16.5. The summed E-state index contributed by atoms with van der Waals surface area (Å²) >= 11 is 0. The van der Waals surface area contributed by atoms with E-state index in [-0.39, 0.29) is 17.7 Å². The molecule has 0 bridgehead atoms. The molecular weight excluding hydrogens is 446 g/mol. The zero-order valence-corrected chi connectivity index (χ0v) is 19.4. The molecule has 1 aliphatic rings. The Kier molecular flexibility index (Phi) is 6.01. The van der Waals surface area contributed by atoms with Gasteiger partial charge < -0.3 is 25.3 Å². The van der Waals surface area contributed by atoms with Crippen LogP contribution in [0.15, 0.2) is 54.9 Å². The third-order valence-corrected chi connectivity index (χ3v) is 5.71.